The molecule has 1 aromatic carbocycles. The largest absolute Gasteiger partial charge is 0.461 e. The molecule has 1 saturated carbocycles. The summed E-state index contributed by atoms with van der Waals surface area (Å²) in [4.78, 5) is 14.7. The zero-order valence-electron chi connectivity index (χ0n) is 16.2. The Labute approximate surface area is 165 Å². The summed E-state index contributed by atoms with van der Waals surface area (Å²) in [5.41, 5.74) is 4.06. The quantitative estimate of drug-likeness (QED) is 0.426. The number of hydrogen-bond acceptors (Lipinski definition) is 4. The van der Waals surface area contributed by atoms with Crippen LogP contribution in [0.25, 0.3) is 11.0 Å². The van der Waals surface area contributed by atoms with E-state index in [9.17, 15) is 22.4 Å². The van der Waals surface area contributed by atoms with E-state index in [4.69, 9.17) is 15.2 Å². The number of carbonyl (C=O) groups excluding carboxylic acids is 1. The van der Waals surface area contributed by atoms with Crippen molar-refractivity contribution in [1.29, 1.82) is 0 Å². The third kappa shape index (κ3) is 4.47. The average Bonchev–Trinajstić information content (AvgIpc) is 3.00. The van der Waals surface area contributed by atoms with Crippen LogP contribution >= 0.6 is 0 Å². The van der Waals surface area contributed by atoms with Gasteiger partial charge in [0, 0.05) is 20.1 Å². The Balaban J connectivity index is 1.62. The molecule has 3 rings (SSSR count). The van der Waals surface area contributed by atoms with E-state index >= 15 is 0 Å². The van der Waals surface area contributed by atoms with Gasteiger partial charge in [-0.2, -0.15) is 4.98 Å². The van der Waals surface area contributed by atoms with E-state index in [1.165, 1.54) is 7.05 Å². The number of hydrogen-bond donors (Lipinski definition) is 1. The molecule has 0 bridgehead atoms. The van der Waals surface area contributed by atoms with Crippen molar-refractivity contribution in [2.75, 3.05) is 6.61 Å². The van der Waals surface area contributed by atoms with E-state index in [1.807, 2.05) is 6.92 Å². The van der Waals surface area contributed by atoms with Crippen LogP contribution in [0.15, 0.2) is 0 Å². The van der Waals surface area contributed by atoms with Crippen LogP contribution in [-0.2, 0) is 16.6 Å². The summed E-state index contributed by atoms with van der Waals surface area (Å²) in [6.07, 6.45) is 2.64. The maximum Gasteiger partial charge on any atom is 0.297 e. The number of benzene rings is 1. The minimum atomic E-state index is -1.90. The highest BCUT2D eigenvalue weighted by atomic mass is 19.2. The lowest BCUT2D eigenvalue weighted by molar-refractivity contribution is -0.119. The van der Waals surface area contributed by atoms with Crippen LogP contribution in [0, 0.1) is 29.2 Å². The first kappa shape index (κ1) is 21.4. The first-order valence-corrected chi connectivity index (χ1v) is 9.43. The molecule has 10 heteroatoms. The van der Waals surface area contributed by atoms with Crippen molar-refractivity contribution >= 4 is 16.9 Å². The fourth-order valence-corrected chi connectivity index (χ4v) is 3.56. The van der Waals surface area contributed by atoms with Gasteiger partial charge in [-0.15, -0.1) is 0 Å². The normalized spacial score (nSPS) is 20.8. The van der Waals surface area contributed by atoms with Crippen LogP contribution in [0.3, 0.4) is 0 Å². The second-order valence-corrected chi connectivity index (χ2v) is 7.53. The van der Waals surface area contributed by atoms with Crippen LogP contribution < -0.4 is 10.5 Å². The van der Waals surface area contributed by atoms with Gasteiger partial charge in [-0.25, -0.2) is 17.6 Å². The molecule has 2 N–H and O–H groups in total. The molecule has 0 spiro atoms. The molecule has 160 valence electrons. The first-order valence-electron chi connectivity index (χ1n) is 9.43. The zero-order chi connectivity index (χ0) is 21.3. The second kappa shape index (κ2) is 8.56. The summed E-state index contributed by atoms with van der Waals surface area (Å²) in [6, 6.07) is -0.109. The number of primary amides is 1. The highest BCUT2D eigenvalue weighted by Crippen LogP contribution is 2.31. The van der Waals surface area contributed by atoms with E-state index in [0.717, 1.165) is 4.57 Å². The third-order valence-corrected chi connectivity index (χ3v) is 5.11. The summed E-state index contributed by atoms with van der Waals surface area (Å²) in [7, 11) is 1.35. The molecule has 1 atom stereocenters. The second-order valence-electron chi connectivity index (χ2n) is 7.53. The van der Waals surface area contributed by atoms with Crippen LogP contribution in [0.1, 0.15) is 39.0 Å². The molecule has 0 radical (unpaired) electrons. The third-order valence-electron chi connectivity index (χ3n) is 5.11. The van der Waals surface area contributed by atoms with Gasteiger partial charge in [-0.3, -0.25) is 9.36 Å². The number of fused-ring (bicyclic) bond motifs is 1. The fourth-order valence-electron chi connectivity index (χ4n) is 3.56. The number of carbonyl (C=O) groups is 1. The number of aryl methyl sites for hydroxylation is 1. The number of halogens is 4. The van der Waals surface area contributed by atoms with E-state index in [0.29, 0.717) is 32.3 Å². The number of nitrogens with zero attached hydrogens (tertiary/aromatic N) is 2. The average molecular weight is 417 g/mol. The zero-order valence-corrected chi connectivity index (χ0v) is 16.2. The highest BCUT2D eigenvalue weighted by molar-refractivity contribution is 5.78. The fraction of sp³-hybridized carbons (Fsp3) is 0.579. The van der Waals surface area contributed by atoms with Crippen LogP contribution in [-0.4, -0.2) is 34.3 Å². The molecule has 1 aliphatic rings. The lowest BCUT2D eigenvalue weighted by atomic mass is 9.95. The lowest BCUT2D eigenvalue weighted by Gasteiger charge is -2.29. The van der Waals surface area contributed by atoms with Crippen molar-refractivity contribution in [3.8, 4) is 6.01 Å². The number of rotatable bonds is 7. The monoisotopic (exact) mass is 417 g/mol. The molecule has 1 fully saturated rings. The SMILES string of the molecule is C[C@@H](COC1CCC(Oc2nc3c(F)c(F)c(F)c(F)c3n2C)CC1)CC(N)=O. The summed E-state index contributed by atoms with van der Waals surface area (Å²) in [5.74, 6) is -7.17. The molecular formula is C19H23F4N3O3. The Kier molecular flexibility index (Phi) is 6.30. The van der Waals surface area contributed by atoms with Crippen LogP contribution in [0.2, 0.25) is 0 Å². The minimum absolute atomic E-state index is 0.0173. The highest BCUT2D eigenvalue weighted by Gasteiger charge is 2.28. The lowest BCUT2D eigenvalue weighted by Crippen LogP contribution is -2.30. The van der Waals surface area contributed by atoms with E-state index in [1.54, 1.807) is 0 Å². The number of nitrogens with two attached hydrogens (primary N) is 1. The maximum absolute atomic E-state index is 14.0. The summed E-state index contributed by atoms with van der Waals surface area (Å²) in [5, 5.41) is 0. The minimum Gasteiger partial charge on any atom is -0.461 e. The molecule has 1 heterocycles. The number of ether oxygens (including phenoxy) is 2. The van der Waals surface area contributed by atoms with Crippen molar-refractivity contribution < 1.29 is 31.8 Å². The maximum atomic E-state index is 14.0. The van der Waals surface area contributed by atoms with Crippen molar-refractivity contribution in [1.82, 2.24) is 9.55 Å². The molecule has 1 amide bonds. The standard InChI is InChI=1S/C19H23F4N3O3/c1-9(7-12(24)27)8-28-10-3-5-11(6-4-10)29-19-25-17-15(22)13(20)14(21)16(23)18(17)26(19)2/h9-11H,3-8H2,1-2H3,(H2,24,27)/t9-,10?,11?/m1/s1. The van der Waals surface area contributed by atoms with Crippen LogP contribution in [0.5, 0.6) is 6.01 Å². The summed E-state index contributed by atoms with van der Waals surface area (Å²) < 4.78 is 67.5. The Hall–Kier alpha value is -2.36. The van der Waals surface area contributed by atoms with Gasteiger partial charge < -0.3 is 15.2 Å². The van der Waals surface area contributed by atoms with E-state index in [2.05, 4.69) is 4.98 Å². The van der Waals surface area contributed by atoms with Gasteiger partial charge in [0.1, 0.15) is 17.1 Å². The van der Waals surface area contributed by atoms with Crippen molar-refractivity contribution in [2.24, 2.45) is 18.7 Å². The van der Waals surface area contributed by atoms with Crippen molar-refractivity contribution in [2.45, 2.75) is 51.2 Å². The Morgan fingerprint density at radius 3 is 2.31 bits per heavy atom. The number of aromatic nitrogens is 2. The van der Waals surface area contributed by atoms with Crippen molar-refractivity contribution in [3.63, 3.8) is 0 Å². The number of amides is 1. The van der Waals surface area contributed by atoms with Crippen molar-refractivity contribution in [3.05, 3.63) is 23.3 Å². The first-order chi connectivity index (χ1) is 13.7. The predicted molar refractivity (Wildman–Crippen MR) is 96.1 cm³/mol. The van der Waals surface area contributed by atoms with Gasteiger partial charge in [0.15, 0.2) is 23.3 Å². The molecule has 6 nitrogen and oxygen atoms in total. The molecule has 29 heavy (non-hydrogen) atoms. The molecule has 0 unspecified atom stereocenters. The van der Waals surface area contributed by atoms with Crippen LogP contribution in [0.4, 0.5) is 17.6 Å². The number of imidazole rings is 1. The van der Waals surface area contributed by atoms with Gasteiger partial charge >= 0.3 is 0 Å². The van der Waals surface area contributed by atoms with E-state index in [-0.39, 0.29) is 36.5 Å². The van der Waals surface area contributed by atoms with Gasteiger partial charge in [0.25, 0.3) is 6.01 Å². The molecule has 0 aliphatic heterocycles. The smallest absolute Gasteiger partial charge is 0.297 e. The topological polar surface area (TPSA) is 79.4 Å². The van der Waals surface area contributed by atoms with Gasteiger partial charge in [-0.1, -0.05) is 6.92 Å². The van der Waals surface area contributed by atoms with Gasteiger partial charge in [0.05, 0.1) is 6.10 Å². The van der Waals surface area contributed by atoms with Gasteiger partial charge in [-0.05, 0) is 31.6 Å². The Morgan fingerprint density at radius 1 is 1.10 bits per heavy atom. The predicted octanol–water partition coefficient (Wildman–Crippen LogP) is 3.35. The molecule has 1 aromatic heterocycles. The Bertz CT molecular complexity index is 910. The summed E-state index contributed by atoms with van der Waals surface area (Å²) in [6.45, 7) is 2.31. The molecule has 2 aromatic rings. The molecule has 1 aliphatic carbocycles. The molecule has 0 saturated heterocycles. The molecular weight excluding hydrogens is 394 g/mol. The summed E-state index contributed by atoms with van der Waals surface area (Å²) >= 11 is 0. The van der Waals surface area contributed by atoms with E-state index < -0.39 is 34.3 Å². The van der Waals surface area contributed by atoms with Gasteiger partial charge in [0.2, 0.25) is 5.91 Å². The Morgan fingerprint density at radius 2 is 1.69 bits per heavy atom.